The van der Waals surface area contributed by atoms with Gasteiger partial charge in [-0.2, -0.15) is 0 Å². The van der Waals surface area contributed by atoms with Crippen molar-refractivity contribution in [2.24, 2.45) is 23.2 Å². The number of carbonyl (C=O) groups excluding carboxylic acids is 1. The number of hydrogen-bond donors (Lipinski definition) is 1. The predicted octanol–water partition coefficient (Wildman–Crippen LogP) is 2.72. The van der Waals surface area contributed by atoms with E-state index >= 15 is 0 Å². The van der Waals surface area contributed by atoms with Gasteiger partial charge < -0.3 is 10.0 Å². The molecular weight excluding hydrogens is 262 g/mol. The predicted molar refractivity (Wildman–Crippen MR) is 79.5 cm³/mol. The number of rotatable bonds is 2. The Bertz CT molecular complexity index is 446. The van der Waals surface area contributed by atoms with Gasteiger partial charge in [-0.1, -0.05) is 0 Å². The molecule has 6 fully saturated rings. The first-order chi connectivity index (χ1) is 10.1. The summed E-state index contributed by atoms with van der Waals surface area (Å²) in [6.45, 7) is 0.896. The second-order valence-corrected chi connectivity index (χ2v) is 8.96. The molecule has 5 aliphatic carbocycles. The van der Waals surface area contributed by atoms with Crippen molar-refractivity contribution in [1.29, 1.82) is 0 Å². The molecule has 1 atom stereocenters. The van der Waals surface area contributed by atoms with E-state index in [1.165, 1.54) is 19.3 Å². The lowest BCUT2D eigenvalue weighted by atomic mass is 9.49. The highest BCUT2D eigenvalue weighted by Crippen LogP contribution is 2.61. The molecule has 0 aromatic carbocycles. The standard InChI is InChI=1S/C18H27NO2/c20-16(19-5-1-2-15(19)18(21)3-4-18)17-9-12-6-13(10-17)8-14(7-12)11-17/h12-15,21H,1-11H2. The third kappa shape index (κ3) is 1.79. The molecule has 116 valence electrons. The minimum Gasteiger partial charge on any atom is -0.388 e. The second kappa shape index (κ2) is 4.04. The zero-order chi connectivity index (χ0) is 14.2. The number of amides is 1. The number of hydrogen-bond acceptors (Lipinski definition) is 2. The Morgan fingerprint density at radius 2 is 1.57 bits per heavy atom. The van der Waals surface area contributed by atoms with Crippen LogP contribution in [0.4, 0.5) is 0 Å². The van der Waals surface area contributed by atoms with Crippen molar-refractivity contribution >= 4 is 5.91 Å². The van der Waals surface area contributed by atoms with Gasteiger partial charge in [0.25, 0.3) is 0 Å². The van der Waals surface area contributed by atoms with Crippen LogP contribution in [0.2, 0.25) is 0 Å². The van der Waals surface area contributed by atoms with Crippen LogP contribution < -0.4 is 0 Å². The first-order valence-corrected chi connectivity index (χ1v) is 9.11. The van der Waals surface area contributed by atoms with Crippen molar-refractivity contribution in [2.45, 2.75) is 75.9 Å². The molecular formula is C18H27NO2. The molecule has 1 N–H and O–H groups in total. The average Bonchev–Trinajstić information content (AvgIpc) is 3.00. The Morgan fingerprint density at radius 1 is 1.00 bits per heavy atom. The van der Waals surface area contributed by atoms with Crippen molar-refractivity contribution in [1.82, 2.24) is 4.90 Å². The lowest BCUT2D eigenvalue weighted by Crippen LogP contribution is -2.57. The molecule has 0 aromatic heterocycles. The third-order valence-corrected chi connectivity index (χ3v) is 7.39. The highest BCUT2D eigenvalue weighted by atomic mass is 16.3. The van der Waals surface area contributed by atoms with E-state index in [4.69, 9.17) is 0 Å². The van der Waals surface area contributed by atoms with Gasteiger partial charge in [0.1, 0.15) is 0 Å². The van der Waals surface area contributed by atoms with Crippen LogP contribution in [0.3, 0.4) is 0 Å². The quantitative estimate of drug-likeness (QED) is 0.849. The molecule has 3 heteroatoms. The van der Waals surface area contributed by atoms with E-state index in [1.54, 1.807) is 0 Å². The molecule has 6 aliphatic rings. The Balaban J connectivity index is 1.43. The van der Waals surface area contributed by atoms with Crippen molar-refractivity contribution in [3.05, 3.63) is 0 Å². The molecule has 1 amide bonds. The maximum Gasteiger partial charge on any atom is 0.229 e. The van der Waals surface area contributed by atoms with E-state index in [0.717, 1.165) is 69.2 Å². The summed E-state index contributed by atoms with van der Waals surface area (Å²) in [5.41, 5.74) is -0.545. The molecule has 0 spiro atoms. The zero-order valence-corrected chi connectivity index (χ0v) is 12.9. The van der Waals surface area contributed by atoms with Crippen LogP contribution in [0, 0.1) is 23.2 Å². The molecule has 5 saturated carbocycles. The highest BCUT2D eigenvalue weighted by Gasteiger charge is 2.59. The van der Waals surface area contributed by atoms with Crippen molar-refractivity contribution in [2.75, 3.05) is 6.54 Å². The van der Waals surface area contributed by atoms with Crippen molar-refractivity contribution in [3.63, 3.8) is 0 Å². The van der Waals surface area contributed by atoms with Gasteiger partial charge >= 0.3 is 0 Å². The molecule has 1 saturated heterocycles. The SMILES string of the molecule is O=C(N1CCCC1C1(O)CC1)C12CC3CC(CC(C3)C1)C2. The summed E-state index contributed by atoms with van der Waals surface area (Å²) in [6, 6.07) is 0.137. The minimum absolute atomic E-state index is 0.0252. The van der Waals surface area contributed by atoms with Crippen LogP contribution >= 0.6 is 0 Å². The second-order valence-electron chi connectivity index (χ2n) is 8.96. The van der Waals surface area contributed by atoms with Crippen LogP contribution in [-0.2, 0) is 4.79 Å². The normalized spacial score (nSPS) is 49.7. The Labute approximate surface area is 127 Å². The molecule has 1 heterocycles. The Morgan fingerprint density at radius 3 is 2.10 bits per heavy atom. The van der Waals surface area contributed by atoms with Crippen LogP contribution in [0.15, 0.2) is 0 Å². The number of aliphatic hydroxyl groups is 1. The largest absolute Gasteiger partial charge is 0.388 e. The van der Waals surface area contributed by atoms with Gasteiger partial charge in [-0.05, 0) is 82.0 Å². The summed E-state index contributed by atoms with van der Waals surface area (Å²) < 4.78 is 0. The van der Waals surface area contributed by atoms with Gasteiger partial charge in [0.05, 0.1) is 17.1 Å². The third-order valence-electron chi connectivity index (χ3n) is 7.39. The van der Waals surface area contributed by atoms with Gasteiger partial charge in [0.2, 0.25) is 5.91 Å². The van der Waals surface area contributed by atoms with Crippen LogP contribution in [-0.4, -0.2) is 34.1 Å². The van der Waals surface area contributed by atoms with Gasteiger partial charge in [0, 0.05) is 6.54 Å². The molecule has 3 nitrogen and oxygen atoms in total. The summed E-state index contributed by atoms with van der Waals surface area (Å²) in [5, 5.41) is 10.5. The fraction of sp³-hybridized carbons (Fsp3) is 0.944. The van der Waals surface area contributed by atoms with Gasteiger partial charge in [-0.3, -0.25) is 4.79 Å². The first kappa shape index (κ1) is 12.9. The highest BCUT2D eigenvalue weighted by molar-refractivity contribution is 5.84. The molecule has 6 rings (SSSR count). The van der Waals surface area contributed by atoms with E-state index < -0.39 is 5.60 Å². The maximum atomic E-state index is 13.4. The minimum atomic E-state index is -0.519. The number of nitrogens with zero attached hydrogens (tertiary/aromatic N) is 1. The molecule has 1 aliphatic heterocycles. The van der Waals surface area contributed by atoms with E-state index in [0.29, 0.717) is 5.91 Å². The van der Waals surface area contributed by atoms with E-state index in [-0.39, 0.29) is 11.5 Å². The first-order valence-electron chi connectivity index (χ1n) is 9.11. The molecule has 21 heavy (non-hydrogen) atoms. The molecule has 1 unspecified atom stereocenters. The van der Waals surface area contributed by atoms with Crippen LogP contribution in [0.1, 0.15) is 64.2 Å². The zero-order valence-electron chi connectivity index (χ0n) is 12.9. The molecule has 0 radical (unpaired) electrons. The summed E-state index contributed by atoms with van der Waals surface area (Å²) in [6.07, 6.45) is 11.5. The molecule has 4 bridgehead atoms. The molecule has 0 aromatic rings. The fourth-order valence-electron chi connectivity index (χ4n) is 6.71. The Kier molecular flexibility index (Phi) is 2.48. The lowest BCUT2D eigenvalue weighted by Gasteiger charge is -2.56. The van der Waals surface area contributed by atoms with Crippen LogP contribution in [0.5, 0.6) is 0 Å². The lowest BCUT2D eigenvalue weighted by molar-refractivity contribution is -0.161. The number of carbonyl (C=O) groups is 1. The van der Waals surface area contributed by atoms with E-state index in [9.17, 15) is 9.90 Å². The smallest absolute Gasteiger partial charge is 0.229 e. The van der Waals surface area contributed by atoms with Gasteiger partial charge in [-0.25, -0.2) is 0 Å². The number of likely N-dealkylation sites (tertiary alicyclic amines) is 1. The summed E-state index contributed by atoms with van der Waals surface area (Å²) in [5.74, 6) is 2.91. The fourth-order valence-corrected chi connectivity index (χ4v) is 6.71. The van der Waals surface area contributed by atoms with E-state index in [1.807, 2.05) is 0 Å². The summed E-state index contributed by atoms with van der Waals surface area (Å²) >= 11 is 0. The maximum absolute atomic E-state index is 13.4. The average molecular weight is 289 g/mol. The van der Waals surface area contributed by atoms with Gasteiger partial charge in [-0.15, -0.1) is 0 Å². The monoisotopic (exact) mass is 289 g/mol. The van der Waals surface area contributed by atoms with Crippen molar-refractivity contribution in [3.8, 4) is 0 Å². The Hall–Kier alpha value is -0.570. The summed E-state index contributed by atoms with van der Waals surface area (Å²) in [4.78, 5) is 15.5. The van der Waals surface area contributed by atoms with E-state index in [2.05, 4.69) is 4.90 Å². The van der Waals surface area contributed by atoms with Crippen LogP contribution in [0.25, 0.3) is 0 Å². The summed E-state index contributed by atoms with van der Waals surface area (Å²) in [7, 11) is 0. The van der Waals surface area contributed by atoms with Crippen molar-refractivity contribution < 1.29 is 9.90 Å². The topological polar surface area (TPSA) is 40.5 Å². The van der Waals surface area contributed by atoms with Gasteiger partial charge in [0.15, 0.2) is 0 Å².